The number of hydrogen-bond donors (Lipinski definition) is 2. The van der Waals surface area contributed by atoms with Crippen molar-refractivity contribution in [2.24, 2.45) is 5.10 Å². The standard InChI is InChI=1S/C20H25N3OS/c1-2-3-4-8-15-24-19-13-11-17(12-14-19)16-21-23-20(25)22-18-9-6-5-7-10-18/h5-7,9-14,16H,2-4,8,15H2,1H3,(H2,22,23,25)/b21-16+. The summed E-state index contributed by atoms with van der Waals surface area (Å²) in [5.41, 5.74) is 4.71. The van der Waals surface area contributed by atoms with Crippen molar-refractivity contribution < 1.29 is 4.74 Å². The summed E-state index contributed by atoms with van der Waals surface area (Å²) in [5, 5.41) is 7.66. The van der Waals surface area contributed by atoms with E-state index in [0.29, 0.717) is 5.11 Å². The van der Waals surface area contributed by atoms with E-state index in [2.05, 4.69) is 22.8 Å². The summed E-state index contributed by atoms with van der Waals surface area (Å²) in [6.45, 7) is 2.98. The summed E-state index contributed by atoms with van der Waals surface area (Å²) < 4.78 is 5.73. The molecule has 0 radical (unpaired) electrons. The molecule has 0 amide bonds. The van der Waals surface area contributed by atoms with Gasteiger partial charge in [0.05, 0.1) is 12.8 Å². The molecule has 2 aromatic rings. The largest absolute Gasteiger partial charge is 0.494 e. The first-order chi connectivity index (χ1) is 12.3. The first-order valence-corrected chi connectivity index (χ1v) is 9.06. The van der Waals surface area contributed by atoms with E-state index in [9.17, 15) is 0 Å². The molecule has 0 atom stereocenters. The third kappa shape index (κ3) is 7.81. The summed E-state index contributed by atoms with van der Waals surface area (Å²) in [5.74, 6) is 0.892. The van der Waals surface area contributed by atoms with Crippen molar-refractivity contribution in [3.05, 3.63) is 60.2 Å². The highest BCUT2D eigenvalue weighted by molar-refractivity contribution is 7.80. The minimum Gasteiger partial charge on any atom is -0.494 e. The molecule has 0 unspecified atom stereocenters. The molecule has 0 aliphatic rings. The predicted molar refractivity (Wildman–Crippen MR) is 109 cm³/mol. The van der Waals surface area contributed by atoms with Crippen LogP contribution in [-0.4, -0.2) is 17.9 Å². The van der Waals surface area contributed by atoms with E-state index in [1.807, 2.05) is 54.6 Å². The molecule has 5 heteroatoms. The summed E-state index contributed by atoms with van der Waals surface area (Å²) in [6.07, 6.45) is 6.57. The molecule has 2 rings (SSSR count). The smallest absolute Gasteiger partial charge is 0.191 e. The fourth-order valence-electron chi connectivity index (χ4n) is 2.21. The van der Waals surface area contributed by atoms with Gasteiger partial charge in [-0.2, -0.15) is 5.10 Å². The van der Waals surface area contributed by atoms with Crippen LogP contribution in [0.1, 0.15) is 38.2 Å². The Morgan fingerprint density at radius 1 is 1.04 bits per heavy atom. The van der Waals surface area contributed by atoms with E-state index in [-0.39, 0.29) is 0 Å². The first kappa shape index (κ1) is 18.9. The van der Waals surface area contributed by atoms with Crippen LogP contribution < -0.4 is 15.5 Å². The van der Waals surface area contributed by atoms with Crippen LogP contribution in [0.25, 0.3) is 0 Å². The van der Waals surface area contributed by atoms with Crippen molar-refractivity contribution in [2.75, 3.05) is 11.9 Å². The van der Waals surface area contributed by atoms with E-state index in [4.69, 9.17) is 17.0 Å². The minimum atomic E-state index is 0.453. The van der Waals surface area contributed by atoms with E-state index in [1.165, 1.54) is 19.3 Å². The van der Waals surface area contributed by atoms with Gasteiger partial charge in [0.15, 0.2) is 5.11 Å². The van der Waals surface area contributed by atoms with Crippen LogP contribution in [0.3, 0.4) is 0 Å². The second-order valence-electron chi connectivity index (χ2n) is 5.67. The van der Waals surface area contributed by atoms with Crippen LogP contribution in [0.15, 0.2) is 59.7 Å². The number of para-hydroxylation sites is 1. The van der Waals surface area contributed by atoms with Gasteiger partial charge in [-0.1, -0.05) is 44.4 Å². The summed E-state index contributed by atoms with van der Waals surface area (Å²) >= 11 is 5.19. The van der Waals surface area contributed by atoms with Gasteiger partial charge in [-0.15, -0.1) is 0 Å². The molecule has 0 saturated carbocycles. The van der Waals surface area contributed by atoms with Gasteiger partial charge in [-0.05, 0) is 60.6 Å². The zero-order valence-corrected chi connectivity index (χ0v) is 15.4. The van der Waals surface area contributed by atoms with Gasteiger partial charge < -0.3 is 10.1 Å². The van der Waals surface area contributed by atoms with E-state index < -0.39 is 0 Å². The van der Waals surface area contributed by atoms with Crippen LogP contribution >= 0.6 is 12.2 Å². The maximum atomic E-state index is 5.73. The maximum absolute atomic E-state index is 5.73. The normalized spacial score (nSPS) is 10.6. The lowest BCUT2D eigenvalue weighted by molar-refractivity contribution is 0.305. The number of rotatable bonds is 9. The van der Waals surface area contributed by atoms with E-state index in [0.717, 1.165) is 30.0 Å². The zero-order valence-electron chi connectivity index (χ0n) is 14.6. The molecule has 0 fully saturated rings. The lowest BCUT2D eigenvalue weighted by Crippen LogP contribution is -2.23. The molecule has 0 spiro atoms. The van der Waals surface area contributed by atoms with Gasteiger partial charge in [-0.25, -0.2) is 0 Å². The number of nitrogens with one attached hydrogen (secondary N) is 2. The number of hydrazone groups is 1. The van der Waals surface area contributed by atoms with Crippen molar-refractivity contribution in [1.82, 2.24) is 5.43 Å². The number of unbranched alkanes of at least 4 members (excludes halogenated alkanes) is 3. The van der Waals surface area contributed by atoms with Crippen LogP contribution in [0, 0.1) is 0 Å². The molecule has 0 aromatic heterocycles. The van der Waals surface area contributed by atoms with Crippen LogP contribution in [0.5, 0.6) is 5.75 Å². The molecule has 0 bridgehead atoms. The molecule has 2 N–H and O–H groups in total. The Balaban J connectivity index is 1.71. The highest BCUT2D eigenvalue weighted by atomic mass is 32.1. The van der Waals surface area contributed by atoms with Gasteiger partial charge in [0.25, 0.3) is 0 Å². The number of thiocarbonyl (C=S) groups is 1. The molecule has 132 valence electrons. The minimum absolute atomic E-state index is 0.453. The molecular weight excluding hydrogens is 330 g/mol. The number of anilines is 1. The van der Waals surface area contributed by atoms with Crippen molar-refractivity contribution in [3.8, 4) is 5.75 Å². The van der Waals surface area contributed by atoms with Crippen LogP contribution in [0.4, 0.5) is 5.69 Å². The average Bonchev–Trinajstić information content (AvgIpc) is 2.63. The summed E-state index contributed by atoms with van der Waals surface area (Å²) in [6, 6.07) is 17.6. The Hall–Kier alpha value is -2.40. The lowest BCUT2D eigenvalue weighted by atomic mass is 10.2. The highest BCUT2D eigenvalue weighted by Crippen LogP contribution is 2.12. The first-order valence-electron chi connectivity index (χ1n) is 8.66. The summed E-state index contributed by atoms with van der Waals surface area (Å²) in [7, 11) is 0. The zero-order chi connectivity index (χ0) is 17.7. The van der Waals surface area contributed by atoms with Gasteiger partial charge >= 0.3 is 0 Å². The Morgan fingerprint density at radius 2 is 1.80 bits per heavy atom. The SMILES string of the molecule is CCCCCCOc1ccc(/C=N/NC(=S)Nc2ccccc2)cc1. The fourth-order valence-corrected chi connectivity index (χ4v) is 2.39. The van der Waals surface area contributed by atoms with Gasteiger partial charge in [0.1, 0.15) is 5.75 Å². The Kier molecular flexibility index (Phi) is 8.49. The fraction of sp³-hybridized carbons (Fsp3) is 0.300. The average molecular weight is 356 g/mol. The van der Waals surface area contributed by atoms with Gasteiger partial charge in [0.2, 0.25) is 0 Å². The molecule has 0 aliphatic carbocycles. The Morgan fingerprint density at radius 3 is 2.52 bits per heavy atom. The molecule has 25 heavy (non-hydrogen) atoms. The number of benzene rings is 2. The molecule has 2 aromatic carbocycles. The van der Waals surface area contributed by atoms with E-state index >= 15 is 0 Å². The third-order valence-corrected chi connectivity index (χ3v) is 3.75. The third-order valence-electron chi connectivity index (χ3n) is 3.56. The van der Waals surface area contributed by atoms with Crippen molar-refractivity contribution in [3.63, 3.8) is 0 Å². The van der Waals surface area contributed by atoms with Crippen molar-refractivity contribution in [1.29, 1.82) is 0 Å². The van der Waals surface area contributed by atoms with Crippen LogP contribution in [-0.2, 0) is 0 Å². The molecule has 4 nitrogen and oxygen atoms in total. The van der Waals surface area contributed by atoms with Crippen molar-refractivity contribution >= 4 is 29.2 Å². The molecule has 0 saturated heterocycles. The number of nitrogens with zero attached hydrogens (tertiary/aromatic N) is 1. The number of ether oxygens (including phenoxy) is 1. The van der Waals surface area contributed by atoms with Crippen LogP contribution in [0.2, 0.25) is 0 Å². The van der Waals surface area contributed by atoms with Gasteiger partial charge in [-0.3, -0.25) is 5.43 Å². The van der Waals surface area contributed by atoms with Crippen molar-refractivity contribution in [2.45, 2.75) is 32.6 Å². The second-order valence-corrected chi connectivity index (χ2v) is 6.08. The predicted octanol–water partition coefficient (Wildman–Crippen LogP) is 4.97. The lowest BCUT2D eigenvalue weighted by Gasteiger charge is -2.07. The Bertz CT molecular complexity index is 656. The topological polar surface area (TPSA) is 45.6 Å². The van der Waals surface area contributed by atoms with Gasteiger partial charge in [0, 0.05) is 5.69 Å². The highest BCUT2D eigenvalue weighted by Gasteiger charge is 1.96. The molecular formula is C20H25N3OS. The Labute approximate surface area is 155 Å². The molecule has 0 heterocycles. The monoisotopic (exact) mass is 355 g/mol. The number of hydrogen-bond acceptors (Lipinski definition) is 3. The van der Waals surface area contributed by atoms with E-state index in [1.54, 1.807) is 6.21 Å². The summed E-state index contributed by atoms with van der Waals surface area (Å²) in [4.78, 5) is 0. The second kappa shape index (κ2) is 11.2. The molecule has 0 aliphatic heterocycles. The quantitative estimate of drug-likeness (QED) is 0.289. The maximum Gasteiger partial charge on any atom is 0.191 e.